The normalized spacial score (nSPS) is 21.6. The third kappa shape index (κ3) is 5.33. The molecule has 0 aliphatic carbocycles. The van der Waals surface area contributed by atoms with Crippen LogP contribution in [0.15, 0.2) is 12.4 Å². The first-order valence-corrected chi connectivity index (χ1v) is 9.77. The lowest BCUT2D eigenvalue weighted by Gasteiger charge is -2.35. The highest BCUT2D eigenvalue weighted by atomic mass is 32.2. The number of anilines is 1. The number of hydrogen-bond donors (Lipinski definition) is 2. The van der Waals surface area contributed by atoms with Gasteiger partial charge in [-0.1, -0.05) is 0 Å². The van der Waals surface area contributed by atoms with Gasteiger partial charge in [-0.2, -0.15) is 13.5 Å². The van der Waals surface area contributed by atoms with Crippen molar-refractivity contribution < 1.29 is 22.8 Å². The van der Waals surface area contributed by atoms with Gasteiger partial charge in [0.2, 0.25) is 0 Å². The van der Waals surface area contributed by atoms with Crippen LogP contribution in [0.25, 0.3) is 0 Å². The molecule has 1 fully saturated rings. The molecule has 0 radical (unpaired) electrons. The molecule has 1 amide bonds. The number of likely N-dealkylation sites (tertiary alicyclic amines) is 1. The molecule has 1 aromatic rings. The second kappa shape index (κ2) is 7.20. The Hall–Kier alpha value is -1.81. The molecule has 1 saturated heterocycles. The summed E-state index contributed by atoms with van der Waals surface area (Å²) in [5.41, 5.74) is -0.355. The standard InChI is InChI=1S/C15H27N5O4S/c1-15(2,3)24-14(21)17-25(22,23)20(13-9-16-19(5)11-13)12-7-6-8-18(4)10-12/h9,11-12H,6-8,10H2,1-5H3,(H,17,21)/p+1. The molecule has 1 aliphatic heterocycles. The van der Waals surface area contributed by atoms with Crippen LogP contribution in [0.1, 0.15) is 33.6 Å². The minimum atomic E-state index is -4.11. The molecule has 1 aliphatic rings. The zero-order valence-corrected chi connectivity index (χ0v) is 16.3. The number of piperidine rings is 1. The first-order chi connectivity index (χ1) is 11.5. The van der Waals surface area contributed by atoms with Crippen molar-refractivity contribution in [3.05, 3.63) is 12.4 Å². The molecular weight excluding hydrogens is 346 g/mol. The lowest BCUT2D eigenvalue weighted by molar-refractivity contribution is -0.885. The van der Waals surface area contributed by atoms with Crippen LogP contribution in [0.4, 0.5) is 10.5 Å². The zero-order valence-electron chi connectivity index (χ0n) is 15.4. The van der Waals surface area contributed by atoms with Crippen LogP contribution in [0.2, 0.25) is 0 Å². The summed E-state index contributed by atoms with van der Waals surface area (Å²) in [6, 6.07) is -0.252. The summed E-state index contributed by atoms with van der Waals surface area (Å²) < 4.78 is 35.7. The number of rotatable bonds is 4. The van der Waals surface area contributed by atoms with Crippen LogP contribution in [-0.2, 0) is 22.0 Å². The van der Waals surface area contributed by atoms with Crippen LogP contribution in [0.3, 0.4) is 0 Å². The van der Waals surface area contributed by atoms with Crippen molar-refractivity contribution in [2.45, 2.75) is 45.3 Å². The number of amides is 1. The van der Waals surface area contributed by atoms with E-state index in [1.165, 1.54) is 20.1 Å². The fraction of sp³-hybridized carbons (Fsp3) is 0.733. The van der Waals surface area contributed by atoms with Gasteiger partial charge in [0.25, 0.3) is 0 Å². The third-order valence-electron chi connectivity index (χ3n) is 3.87. The highest BCUT2D eigenvalue weighted by molar-refractivity contribution is 7.91. The largest absolute Gasteiger partial charge is 0.443 e. The average Bonchev–Trinajstić information content (AvgIpc) is 2.81. The van der Waals surface area contributed by atoms with E-state index in [1.807, 2.05) is 11.8 Å². The summed E-state index contributed by atoms with van der Waals surface area (Å²) >= 11 is 0. The monoisotopic (exact) mass is 374 g/mol. The van der Waals surface area contributed by atoms with Gasteiger partial charge in [-0.05, 0) is 33.6 Å². The second-order valence-corrected chi connectivity index (χ2v) is 9.03. The van der Waals surface area contributed by atoms with E-state index in [9.17, 15) is 13.2 Å². The molecule has 0 aromatic carbocycles. The topological polar surface area (TPSA) is 98.0 Å². The van der Waals surface area contributed by atoms with Crippen LogP contribution in [0, 0.1) is 0 Å². The molecule has 2 rings (SSSR count). The van der Waals surface area contributed by atoms with Crippen LogP contribution in [0.5, 0.6) is 0 Å². The molecule has 2 unspecified atom stereocenters. The van der Waals surface area contributed by atoms with Gasteiger partial charge >= 0.3 is 16.3 Å². The van der Waals surface area contributed by atoms with E-state index in [-0.39, 0.29) is 6.04 Å². The highest BCUT2D eigenvalue weighted by Gasteiger charge is 2.37. The van der Waals surface area contributed by atoms with Gasteiger partial charge in [-0.25, -0.2) is 13.8 Å². The maximum Gasteiger partial charge on any atom is 0.422 e. The zero-order chi connectivity index (χ0) is 18.8. The summed E-state index contributed by atoms with van der Waals surface area (Å²) in [4.78, 5) is 13.2. The summed E-state index contributed by atoms with van der Waals surface area (Å²) in [6.07, 6.45) is 3.76. The number of aromatic nitrogens is 2. The van der Waals surface area contributed by atoms with Gasteiger partial charge in [0, 0.05) is 13.2 Å². The lowest BCUT2D eigenvalue weighted by Crippen LogP contribution is -3.11. The van der Waals surface area contributed by atoms with Gasteiger partial charge in [0.05, 0.1) is 38.1 Å². The van der Waals surface area contributed by atoms with Crippen LogP contribution < -0.4 is 13.9 Å². The van der Waals surface area contributed by atoms with E-state index in [0.29, 0.717) is 12.2 Å². The maximum atomic E-state index is 12.9. The highest BCUT2D eigenvalue weighted by Crippen LogP contribution is 2.22. The van der Waals surface area contributed by atoms with Crippen molar-refractivity contribution in [1.29, 1.82) is 0 Å². The van der Waals surface area contributed by atoms with Crippen molar-refractivity contribution >= 4 is 22.0 Å². The Bertz CT molecular complexity index is 710. The van der Waals surface area contributed by atoms with Crippen LogP contribution in [-0.4, -0.2) is 56.1 Å². The van der Waals surface area contributed by atoms with Crippen molar-refractivity contribution in [3.63, 3.8) is 0 Å². The fourth-order valence-electron chi connectivity index (χ4n) is 2.97. The van der Waals surface area contributed by atoms with E-state index in [1.54, 1.807) is 34.0 Å². The third-order valence-corrected chi connectivity index (χ3v) is 5.32. The van der Waals surface area contributed by atoms with Crippen molar-refractivity contribution in [2.24, 2.45) is 7.05 Å². The summed E-state index contributed by atoms with van der Waals surface area (Å²) in [6.45, 7) is 6.69. The number of hydrogen-bond acceptors (Lipinski definition) is 5. The fourth-order valence-corrected chi connectivity index (χ4v) is 4.26. The number of quaternary nitrogens is 1. The number of nitrogens with zero attached hydrogens (tertiary/aromatic N) is 3. The molecule has 2 heterocycles. The number of likely N-dealkylation sites (N-methyl/N-ethyl adjacent to an activating group) is 1. The van der Waals surface area contributed by atoms with E-state index in [2.05, 4.69) is 5.10 Å². The van der Waals surface area contributed by atoms with Gasteiger partial charge < -0.3 is 9.64 Å². The Morgan fingerprint density at radius 1 is 1.48 bits per heavy atom. The van der Waals surface area contributed by atoms with Crippen molar-refractivity contribution in [2.75, 3.05) is 24.4 Å². The van der Waals surface area contributed by atoms with Crippen molar-refractivity contribution in [3.8, 4) is 0 Å². The molecule has 9 nitrogen and oxygen atoms in total. The van der Waals surface area contributed by atoms with Crippen molar-refractivity contribution in [1.82, 2.24) is 14.5 Å². The molecule has 142 valence electrons. The average molecular weight is 374 g/mol. The molecule has 2 atom stereocenters. The number of aryl methyl sites for hydroxylation is 1. The summed E-state index contributed by atoms with van der Waals surface area (Å²) in [7, 11) is -0.369. The number of ether oxygens (including phenoxy) is 1. The first kappa shape index (κ1) is 19.5. The Kier molecular flexibility index (Phi) is 5.62. The molecule has 0 saturated carbocycles. The second-order valence-electron chi connectivity index (χ2n) is 7.48. The maximum absolute atomic E-state index is 12.9. The van der Waals surface area contributed by atoms with Gasteiger partial charge in [-0.3, -0.25) is 4.68 Å². The van der Waals surface area contributed by atoms with E-state index in [0.717, 1.165) is 19.4 Å². The van der Waals surface area contributed by atoms with E-state index >= 15 is 0 Å². The SMILES string of the molecule is Cn1cc(N(C2CCC[NH+](C)C2)S(=O)(=O)NC(=O)OC(C)(C)C)cn1. The molecule has 10 heteroatoms. The van der Waals surface area contributed by atoms with E-state index < -0.39 is 21.9 Å². The van der Waals surface area contributed by atoms with Gasteiger partial charge in [0.1, 0.15) is 5.60 Å². The Morgan fingerprint density at radius 3 is 2.68 bits per heavy atom. The smallest absolute Gasteiger partial charge is 0.422 e. The first-order valence-electron chi connectivity index (χ1n) is 8.33. The summed E-state index contributed by atoms with van der Waals surface area (Å²) in [5.74, 6) is 0. The Morgan fingerprint density at radius 2 is 2.16 bits per heavy atom. The predicted molar refractivity (Wildman–Crippen MR) is 93.6 cm³/mol. The minimum Gasteiger partial charge on any atom is -0.443 e. The number of nitrogens with one attached hydrogen (secondary N) is 2. The Balaban J connectivity index is 2.29. The quantitative estimate of drug-likeness (QED) is 0.752. The predicted octanol–water partition coefficient (Wildman–Crippen LogP) is -0.327. The molecule has 25 heavy (non-hydrogen) atoms. The Labute approximate surface area is 149 Å². The molecule has 2 N–H and O–H groups in total. The summed E-state index contributed by atoms with van der Waals surface area (Å²) in [5, 5.41) is 4.06. The minimum absolute atomic E-state index is 0.252. The number of carbonyl (C=O) groups is 1. The molecule has 0 spiro atoms. The van der Waals surface area contributed by atoms with E-state index in [4.69, 9.17) is 4.74 Å². The van der Waals surface area contributed by atoms with Gasteiger partial charge in [-0.15, -0.1) is 0 Å². The van der Waals surface area contributed by atoms with Gasteiger partial charge in [0.15, 0.2) is 0 Å². The molecule has 1 aromatic heterocycles. The van der Waals surface area contributed by atoms with Crippen LogP contribution >= 0.6 is 0 Å². The molecular formula is C15H28N5O4S+. The number of carbonyl (C=O) groups excluding carboxylic acids is 1. The lowest BCUT2D eigenvalue weighted by atomic mass is 10.1. The molecule has 0 bridgehead atoms.